The van der Waals surface area contributed by atoms with Gasteiger partial charge in [-0.3, -0.25) is 0 Å². The minimum absolute atomic E-state index is 0.468. The van der Waals surface area contributed by atoms with Crippen molar-refractivity contribution in [3.8, 4) is 0 Å². The van der Waals surface area contributed by atoms with E-state index in [1.165, 1.54) is 10.8 Å². The van der Waals surface area contributed by atoms with E-state index in [1.807, 2.05) is 18.2 Å². The van der Waals surface area contributed by atoms with Gasteiger partial charge in [0, 0.05) is 0 Å². The Balaban J connectivity index is 2.51. The van der Waals surface area contributed by atoms with Crippen molar-refractivity contribution in [2.75, 3.05) is 5.73 Å². The topological polar surface area (TPSA) is 54.7 Å². The number of hydrogen-bond acceptors (Lipinski definition) is 2. The Morgan fingerprint density at radius 2 is 1.79 bits per heavy atom. The van der Waals surface area contributed by atoms with E-state index in [0.717, 1.165) is 11.0 Å². The maximum Gasteiger partial charge on any atom is 0.198 e. The number of H-pyrrole nitrogens is 1. The summed E-state index contributed by atoms with van der Waals surface area (Å²) in [6.07, 6.45) is 0. The first-order valence-electron chi connectivity index (χ1n) is 4.47. The molecule has 3 heteroatoms. The number of nitrogens with two attached hydrogens (primary N) is 1. The van der Waals surface area contributed by atoms with E-state index in [2.05, 4.69) is 28.2 Å². The molecular weight excluding hydrogens is 174 g/mol. The highest BCUT2D eigenvalue weighted by molar-refractivity contribution is 5.95. The van der Waals surface area contributed by atoms with Crippen molar-refractivity contribution in [1.82, 2.24) is 9.97 Å². The molecule has 0 saturated heterocycles. The van der Waals surface area contributed by atoms with Gasteiger partial charge in [0.05, 0.1) is 11.0 Å². The first-order chi connectivity index (χ1) is 6.83. The number of aromatic amines is 1. The summed E-state index contributed by atoms with van der Waals surface area (Å²) >= 11 is 0. The summed E-state index contributed by atoms with van der Waals surface area (Å²) in [5.74, 6) is 0.468. The van der Waals surface area contributed by atoms with E-state index in [4.69, 9.17) is 5.73 Å². The normalized spacial score (nSPS) is 11.1. The van der Waals surface area contributed by atoms with Crippen LogP contribution in [0.15, 0.2) is 36.4 Å². The van der Waals surface area contributed by atoms with Gasteiger partial charge in [-0.1, -0.05) is 24.3 Å². The minimum Gasteiger partial charge on any atom is -0.369 e. The van der Waals surface area contributed by atoms with Gasteiger partial charge in [0.25, 0.3) is 0 Å². The third kappa shape index (κ3) is 0.956. The molecule has 0 saturated carbocycles. The lowest BCUT2D eigenvalue weighted by atomic mass is 10.1. The summed E-state index contributed by atoms with van der Waals surface area (Å²) in [5, 5.41) is 2.38. The molecule has 0 unspecified atom stereocenters. The van der Waals surface area contributed by atoms with Crippen LogP contribution in [0.2, 0.25) is 0 Å². The number of nitrogens with one attached hydrogen (secondary N) is 1. The van der Waals surface area contributed by atoms with Crippen LogP contribution in [-0.2, 0) is 0 Å². The van der Waals surface area contributed by atoms with Crippen LogP contribution in [0.3, 0.4) is 0 Å². The van der Waals surface area contributed by atoms with Crippen molar-refractivity contribution in [3.05, 3.63) is 36.4 Å². The van der Waals surface area contributed by atoms with Crippen LogP contribution in [0.1, 0.15) is 0 Å². The molecule has 0 aliphatic carbocycles. The summed E-state index contributed by atoms with van der Waals surface area (Å²) in [4.78, 5) is 7.20. The van der Waals surface area contributed by atoms with E-state index < -0.39 is 0 Å². The van der Waals surface area contributed by atoms with Crippen LogP contribution in [-0.4, -0.2) is 9.97 Å². The second kappa shape index (κ2) is 2.48. The summed E-state index contributed by atoms with van der Waals surface area (Å²) in [6.45, 7) is 0. The molecule has 1 aromatic heterocycles. The monoisotopic (exact) mass is 183 g/mol. The number of rotatable bonds is 0. The van der Waals surface area contributed by atoms with Gasteiger partial charge in [0.1, 0.15) is 0 Å². The Hall–Kier alpha value is -2.03. The Morgan fingerprint density at radius 1 is 1.07 bits per heavy atom. The third-order valence-corrected chi connectivity index (χ3v) is 2.37. The molecule has 2 aromatic carbocycles. The third-order valence-electron chi connectivity index (χ3n) is 2.37. The van der Waals surface area contributed by atoms with Crippen LogP contribution in [0.5, 0.6) is 0 Å². The molecule has 0 bridgehead atoms. The molecule has 3 aromatic rings. The van der Waals surface area contributed by atoms with Gasteiger partial charge in [0.2, 0.25) is 0 Å². The summed E-state index contributed by atoms with van der Waals surface area (Å²) in [6, 6.07) is 12.3. The van der Waals surface area contributed by atoms with Crippen molar-refractivity contribution >= 4 is 27.8 Å². The van der Waals surface area contributed by atoms with Gasteiger partial charge < -0.3 is 10.7 Å². The highest BCUT2D eigenvalue weighted by atomic mass is 15.0. The zero-order valence-electron chi connectivity index (χ0n) is 7.49. The Morgan fingerprint density at radius 3 is 2.57 bits per heavy atom. The van der Waals surface area contributed by atoms with Crippen LogP contribution >= 0.6 is 0 Å². The lowest BCUT2D eigenvalue weighted by Gasteiger charge is -1.95. The zero-order chi connectivity index (χ0) is 9.54. The molecule has 1 heterocycles. The highest BCUT2D eigenvalue weighted by Gasteiger charge is 2.00. The fraction of sp³-hybridized carbons (Fsp3) is 0. The number of aromatic nitrogens is 2. The van der Waals surface area contributed by atoms with Gasteiger partial charge in [-0.15, -0.1) is 0 Å². The first kappa shape index (κ1) is 7.38. The van der Waals surface area contributed by atoms with Crippen LogP contribution in [0.4, 0.5) is 5.95 Å². The van der Waals surface area contributed by atoms with Crippen molar-refractivity contribution in [2.24, 2.45) is 0 Å². The number of benzene rings is 2. The molecule has 0 atom stereocenters. The van der Waals surface area contributed by atoms with E-state index in [9.17, 15) is 0 Å². The fourth-order valence-electron chi connectivity index (χ4n) is 1.72. The second-order valence-electron chi connectivity index (χ2n) is 3.34. The minimum atomic E-state index is 0.468. The predicted molar refractivity (Wildman–Crippen MR) is 58.0 cm³/mol. The second-order valence-corrected chi connectivity index (χ2v) is 3.34. The smallest absolute Gasteiger partial charge is 0.198 e. The zero-order valence-corrected chi connectivity index (χ0v) is 7.49. The van der Waals surface area contributed by atoms with Crippen molar-refractivity contribution in [1.29, 1.82) is 0 Å². The number of fused-ring (bicyclic) bond motifs is 2. The van der Waals surface area contributed by atoms with Gasteiger partial charge in [-0.05, 0) is 22.9 Å². The fourth-order valence-corrected chi connectivity index (χ4v) is 1.72. The van der Waals surface area contributed by atoms with E-state index in [-0.39, 0.29) is 0 Å². The lowest BCUT2D eigenvalue weighted by Crippen LogP contribution is -1.84. The average Bonchev–Trinajstić information content (AvgIpc) is 2.53. The highest BCUT2D eigenvalue weighted by Crippen LogP contribution is 2.21. The number of nitrogens with zero attached hydrogens (tertiary/aromatic N) is 1. The summed E-state index contributed by atoms with van der Waals surface area (Å²) in [5.41, 5.74) is 7.49. The molecule has 0 aliphatic rings. The van der Waals surface area contributed by atoms with E-state index >= 15 is 0 Å². The van der Waals surface area contributed by atoms with E-state index in [0.29, 0.717) is 5.95 Å². The number of hydrogen-bond donors (Lipinski definition) is 2. The Bertz CT molecular complexity index is 558. The molecule has 3 rings (SSSR count). The Kier molecular flexibility index (Phi) is 1.31. The number of anilines is 1. The standard InChI is InChI=1S/C11H9N3/c12-11-13-9-5-7-3-1-2-4-8(7)6-10(9)14-11/h1-6H,(H3,12,13,14). The summed E-state index contributed by atoms with van der Waals surface area (Å²) < 4.78 is 0. The largest absolute Gasteiger partial charge is 0.369 e. The van der Waals surface area contributed by atoms with Gasteiger partial charge in [-0.2, -0.15) is 0 Å². The molecule has 0 spiro atoms. The molecule has 68 valence electrons. The Labute approximate surface area is 80.6 Å². The SMILES string of the molecule is Nc1nc2cc3ccccc3cc2[nH]1. The van der Waals surface area contributed by atoms with Gasteiger partial charge in [0.15, 0.2) is 5.95 Å². The maximum absolute atomic E-state index is 5.59. The van der Waals surface area contributed by atoms with Gasteiger partial charge >= 0.3 is 0 Å². The lowest BCUT2D eigenvalue weighted by molar-refractivity contribution is 1.35. The first-order valence-corrected chi connectivity index (χ1v) is 4.47. The van der Waals surface area contributed by atoms with E-state index in [1.54, 1.807) is 0 Å². The molecule has 0 aliphatic heterocycles. The number of imidazole rings is 1. The molecule has 0 fully saturated rings. The molecule has 0 amide bonds. The van der Waals surface area contributed by atoms with Crippen molar-refractivity contribution in [2.45, 2.75) is 0 Å². The van der Waals surface area contributed by atoms with Crippen molar-refractivity contribution < 1.29 is 0 Å². The quantitative estimate of drug-likeness (QED) is 0.561. The van der Waals surface area contributed by atoms with Crippen LogP contribution in [0, 0.1) is 0 Å². The average molecular weight is 183 g/mol. The number of nitrogen functional groups attached to an aromatic ring is 1. The molecule has 3 N–H and O–H groups in total. The van der Waals surface area contributed by atoms with Crippen molar-refractivity contribution in [3.63, 3.8) is 0 Å². The van der Waals surface area contributed by atoms with Crippen LogP contribution < -0.4 is 5.73 Å². The molecule has 14 heavy (non-hydrogen) atoms. The molecule has 0 radical (unpaired) electrons. The predicted octanol–water partition coefficient (Wildman–Crippen LogP) is 2.30. The van der Waals surface area contributed by atoms with Gasteiger partial charge in [-0.25, -0.2) is 4.98 Å². The van der Waals surface area contributed by atoms with Crippen LogP contribution in [0.25, 0.3) is 21.8 Å². The maximum atomic E-state index is 5.59. The molecular formula is C11H9N3. The summed E-state index contributed by atoms with van der Waals surface area (Å²) in [7, 11) is 0. The molecule has 3 nitrogen and oxygen atoms in total.